The second kappa shape index (κ2) is 31.1. The Morgan fingerprint density at radius 2 is 0.935 bits per heavy atom. The van der Waals surface area contributed by atoms with Gasteiger partial charge in [-0.3, -0.25) is 0 Å². The molecule has 10 atom stereocenters. The fourth-order valence-electron chi connectivity index (χ4n) is 2.56. The maximum atomic E-state index is 10.00. The van der Waals surface area contributed by atoms with Crippen LogP contribution in [0.1, 0.15) is 0 Å². The van der Waals surface area contributed by atoms with Gasteiger partial charge in [0.25, 0.3) is 0 Å². The van der Waals surface area contributed by atoms with E-state index in [4.69, 9.17) is 24.4 Å². The second-order valence-corrected chi connectivity index (χ2v) is 5.53. The summed E-state index contributed by atoms with van der Waals surface area (Å²) >= 11 is 0. The van der Waals surface area contributed by atoms with Crippen LogP contribution in [-0.4, -0.2) is 115 Å². The minimum atomic E-state index is -1.76. The van der Waals surface area contributed by atoms with E-state index >= 15 is 0 Å². The minimum Gasteiger partial charge on any atom is -0.394 e. The normalized spacial score (nSPS) is 38.3. The average molecular weight is 2160 g/mol. The largest absolute Gasteiger partial charge is 0.394 e. The molecule has 2 rings (SSSR count). The summed E-state index contributed by atoms with van der Waals surface area (Å²) in [6.07, 6.45) is -15.7. The van der Waals surface area contributed by atoms with E-state index in [9.17, 15) is 30.6 Å². The Labute approximate surface area is 467 Å². The molecule has 0 spiro atoms. The Kier molecular flexibility index (Phi) is 57.9. The zero-order valence-corrected chi connectivity index (χ0v) is 54.6. The molecule has 2 saturated heterocycles. The van der Waals surface area contributed by atoms with Crippen molar-refractivity contribution in [1.29, 1.82) is 0 Å². The van der Waals surface area contributed by atoms with Crippen LogP contribution in [0.15, 0.2) is 0 Å². The molecule has 0 amide bonds. The molecule has 2 heterocycles. The Bertz CT molecular complexity index is 406. The van der Waals surface area contributed by atoms with Gasteiger partial charge in [0.2, 0.25) is 0 Å². The Morgan fingerprint density at radius 3 is 1.35 bits per heavy atom. The molecule has 0 aliphatic carbocycles. The summed E-state index contributed by atoms with van der Waals surface area (Å²) in [4.78, 5) is 0. The molecule has 0 saturated carbocycles. The van der Waals surface area contributed by atoms with Crippen LogP contribution in [-0.2, 0) is 14.2 Å². The number of hydrogen-bond donors (Lipinski definition) is 8. The van der Waals surface area contributed by atoms with Gasteiger partial charge in [-0.05, 0) is 0 Å². The molecule has 0 aromatic heterocycles. The Hall–Kier alpha value is 11.1. The van der Waals surface area contributed by atoms with Gasteiger partial charge < -0.3 is 55.1 Å². The maximum absolute atomic E-state index is 10.00. The van der Waals surface area contributed by atoms with Crippen molar-refractivity contribution in [2.75, 3.05) is 13.2 Å². The molecule has 2 aliphatic rings. The molecule has 8 radical (unpaired) electrons. The van der Waals surface area contributed by atoms with Gasteiger partial charge in [-0.15, -0.1) is 0 Å². The fourth-order valence-corrected chi connectivity index (χ4v) is 2.56. The minimum absolute atomic E-state index is 0. The zero-order valence-electron chi connectivity index (χ0n) is 16.6. The third-order valence-electron chi connectivity index (χ3n) is 3.98. The molecular formula is C12H22Ac8O11. The second-order valence-electron chi connectivity index (χ2n) is 5.53. The standard InChI is InChI=1S/C12H22O11.8Ac/c13-1-3-5(15)7(17)8(18)12(22-3)23-10-6(16)4(2-14)21-11(20)9(10)19;;;;;;;;/h3-20H,1-2H2;;;;;;;;/t3?,4?,5-,6-,7-,8?,9?,10-,11?,12-;;;;;;;;/m0......../s1. The predicted molar refractivity (Wildman–Crippen MR) is 68.6 cm³/mol. The van der Waals surface area contributed by atoms with Gasteiger partial charge >= 0.3 is 0 Å². The summed E-state index contributed by atoms with van der Waals surface area (Å²) < 4.78 is 15.1. The molecular weight excluding hydrogens is 2140 g/mol. The van der Waals surface area contributed by atoms with Crippen LogP contribution >= 0.6 is 0 Å². The molecule has 11 nitrogen and oxygen atoms in total. The maximum Gasteiger partial charge on any atom is 0.187 e. The van der Waals surface area contributed by atoms with Crippen molar-refractivity contribution >= 4 is 0 Å². The van der Waals surface area contributed by atoms with E-state index in [-0.39, 0.29) is 352 Å². The summed E-state index contributed by atoms with van der Waals surface area (Å²) in [7, 11) is 0. The molecule has 2 aliphatic heterocycles. The molecule has 31 heavy (non-hydrogen) atoms. The number of rotatable bonds is 4. The van der Waals surface area contributed by atoms with Gasteiger partial charge in [0, 0.05) is 352 Å². The van der Waals surface area contributed by atoms with Crippen LogP contribution in [0.2, 0.25) is 0 Å². The first kappa shape index (κ1) is 57.7. The molecule has 0 aromatic carbocycles. The van der Waals surface area contributed by atoms with Gasteiger partial charge in [0.05, 0.1) is 13.2 Å². The van der Waals surface area contributed by atoms with E-state index in [1.807, 2.05) is 0 Å². The summed E-state index contributed by atoms with van der Waals surface area (Å²) in [5.41, 5.74) is 0. The average Bonchev–Trinajstić information content (AvgIpc) is 2.54. The number of aliphatic hydroxyl groups excluding tert-OH is 8. The number of hydrogen-bond acceptors (Lipinski definition) is 11. The van der Waals surface area contributed by atoms with Crippen LogP contribution in [0.4, 0.5) is 0 Å². The SMILES string of the molecule is OCC1O[C@@H](O[C@@H]2C(O)C(O)OC(CO)[C@@H]2O)C(O)[C@@H](O)[C@H]1O.[Ac].[Ac].[Ac].[Ac].[Ac].[Ac].[Ac].[Ac]. The van der Waals surface area contributed by atoms with E-state index in [1.165, 1.54) is 0 Å². The van der Waals surface area contributed by atoms with Crippen molar-refractivity contribution in [3.05, 3.63) is 0 Å². The first-order chi connectivity index (χ1) is 10.8. The zero-order chi connectivity index (χ0) is 17.3. The molecule has 8 N–H and O–H groups in total. The van der Waals surface area contributed by atoms with E-state index in [2.05, 4.69) is 0 Å². The van der Waals surface area contributed by atoms with Crippen molar-refractivity contribution in [2.45, 2.75) is 61.4 Å². The third kappa shape index (κ3) is 18.0. The quantitative estimate of drug-likeness (QED) is 0.134. The van der Waals surface area contributed by atoms with Gasteiger partial charge in [-0.2, -0.15) is 0 Å². The van der Waals surface area contributed by atoms with E-state index in [0.717, 1.165) is 0 Å². The van der Waals surface area contributed by atoms with Gasteiger partial charge in [0.1, 0.15) is 48.8 Å². The molecule has 160 valence electrons. The van der Waals surface area contributed by atoms with Gasteiger partial charge in [-0.25, -0.2) is 0 Å². The van der Waals surface area contributed by atoms with Crippen LogP contribution in [0, 0.1) is 352 Å². The summed E-state index contributed by atoms with van der Waals surface area (Å²) in [5.74, 6) is 0. The van der Waals surface area contributed by atoms with Crippen molar-refractivity contribution in [1.82, 2.24) is 0 Å². The van der Waals surface area contributed by atoms with Gasteiger partial charge in [0.15, 0.2) is 12.6 Å². The van der Waals surface area contributed by atoms with E-state index < -0.39 is 74.6 Å². The Morgan fingerprint density at radius 1 is 0.516 bits per heavy atom. The number of aliphatic hydroxyl groups is 8. The van der Waals surface area contributed by atoms with Crippen molar-refractivity contribution in [3.63, 3.8) is 0 Å². The summed E-state index contributed by atoms with van der Waals surface area (Å²) in [6.45, 7) is -1.34. The smallest absolute Gasteiger partial charge is 0.187 e. The molecule has 0 bridgehead atoms. The van der Waals surface area contributed by atoms with Crippen LogP contribution in [0.5, 0.6) is 0 Å². The first-order valence-corrected chi connectivity index (χ1v) is 7.08. The van der Waals surface area contributed by atoms with Crippen LogP contribution < -0.4 is 0 Å². The third-order valence-corrected chi connectivity index (χ3v) is 3.98. The fraction of sp³-hybridized carbons (Fsp3) is 1.00. The number of ether oxygens (including phenoxy) is 3. The molecule has 2 fully saturated rings. The van der Waals surface area contributed by atoms with Crippen molar-refractivity contribution in [2.24, 2.45) is 0 Å². The summed E-state index contributed by atoms with van der Waals surface area (Å²) in [5, 5.41) is 76.8. The molecule has 19 heteroatoms. The topological polar surface area (TPSA) is 190 Å². The first-order valence-electron chi connectivity index (χ1n) is 7.08. The van der Waals surface area contributed by atoms with E-state index in [0.29, 0.717) is 0 Å². The van der Waals surface area contributed by atoms with Crippen LogP contribution in [0.3, 0.4) is 0 Å². The van der Waals surface area contributed by atoms with E-state index in [1.54, 1.807) is 0 Å². The van der Waals surface area contributed by atoms with Crippen molar-refractivity contribution < 1.29 is 408 Å². The van der Waals surface area contributed by atoms with Crippen molar-refractivity contribution in [3.8, 4) is 0 Å². The molecule has 0 aromatic rings. The predicted octanol–water partition coefficient (Wildman–Crippen LogP) is -5.40. The van der Waals surface area contributed by atoms with Gasteiger partial charge in [-0.1, -0.05) is 0 Å². The Balaban J connectivity index is -0.000000144. The van der Waals surface area contributed by atoms with Crippen LogP contribution in [0.25, 0.3) is 0 Å². The summed E-state index contributed by atoms with van der Waals surface area (Å²) in [6, 6.07) is 0. The molecule has 5 unspecified atom stereocenters. The monoisotopic (exact) mass is 2160 g/mol.